The van der Waals surface area contributed by atoms with Gasteiger partial charge in [0, 0.05) is 42.1 Å². The maximum Gasteiger partial charge on any atom is 0.189 e. The van der Waals surface area contributed by atoms with Crippen molar-refractivity contribution in [1.29, 1.82) is 0 Å². The molecule has 4 aromatic rings. The standard InChI is InChI=1S/C52H60N2O6/c1-57-47-27-40-25-42(51(55)45(40)29-48(47)58-2)22-36-15-19-54(20-16-36)32-38-11-9-34(10-12-38)21-39-24-44(39)33-60-50-28-41-26-43(52(56)46(41)30-49(50)59-3)23-35-13-17-53(18-14-35)31-37-7-5-4-6-8-37/h4-12,22,27-30,35-36,39,43-44H,13-21,23-26,31-33H2,1-3H3/b42-22+/t39?,43?,44-/m1/s1. The zero-order valence-electron chi connectivity index (χ0n) is 35.6. The Morgan fingerprint density at radius 3 is 1.95 bits per heavy atom. The molecule has 3 fully saturated rings. The van der Waals surface area contributed by atoms with Gasteiger partial charge in [0.2, 0.25) is 0 Å². The van der Waals surface area contributed by atoms with Crippen molar-refractivity contribution >= 4 is 11.6 Å². The van der Waals surface area contributed by atoms with Gasteiger partial charge in [-0.05, 0) is 153 Å². The Morgan fingerprint density at radius 1 is 0.650 bits per heavy atom. The van der Waals surface area contributed by atoms with Gasteiger partial charge in [0.15, 0.2) is 34.6 Å². The van der Waals surface area contributed by atoms with Gasteiger partial charge < -0.3 is 18.9 Å². The first-order chi connectivity index (χ1) is 29.3. The zero-order chi connectivity index (χ0) is 41.2. The molecule has 2 aliphatic heterocycles. The Balaban J connectivity index is 0.703. The van der Waals surface area contributed by atoms with E-state index in [-0.39, 0.29) is 17.5 Å². The molecular formula is C52H60N2O6. The fourth-order valence-electron chi connectivity index (χ4n) is 10.4. The largest absolute Gasteiger partial charge is 0.493 e. The van der Waals surface area contributed by atoms with Crippen LogP contribution in [0.4, 0.5) is 0 Å². The number of ketones is 2. The third kappa shape index (κ3) is 9.06. The van der Waals surface area contributed by atoms with Crippen LogP contribution in [0.2, 0.25) is 0 Å². The van der Waals surface area contributed by atoms with Crippen LogP contribution in [0.5, 0.6) is 23.0 Å². The lowest BCUT2D eigenvalue weighted by Crippen LogP contribution is -2.34. The number of allylic oxidation sites excluding steroid dienone is 2. The second-order valence-corrected chi connectivity index (χ2v) is 18.1. The van der Waals surface area contributed by atoms with Crippen LogP contribution in [0.3, 0.4) is 0 Å². The SMILES string of the molecule is COc1cc2c(cc1OC)C(=O)/C(=C/C1CCN(Cc3ccc(CC4C[C@@H]4COc4cc5c(cc4OC)C(=O)C(CC4CCN(Cc6ccccc6)CC4)C5)cc3)CC1)C2. The molecule has 0 spiro atoms. The molecular weight excluding hydrogens is 749 g/mol. The van der Waals surface area contributed by atoms with E-state index in [9.17, 15) is 9.59 Å². The van der Waals surface area contributed by atoms with Crippen molar-refractivity contribution in [3.05, 3.63) is 129 Å². The van der Waals surface area contributed by atoms with Crippen LogP contribution in [-0.2, 0) is 32.4 Å². The van der Waals surface area contributed by atoms with Crippen molar-refractivity contribution in [3.63, 3.8) is 0 Å². The Bertz CT molecular complexity index is 2200. The van der Waals surface area contributed by atoms with Crippen LogP contribution in [-0.4, -0.2) is 75.5 Å². The van der Waals surface area contributed by atoms with Crippen molar-refractivity contribution in [2.24, 2.45) is 29.6 Å². The molecule has 0 bridgehead atoms. The number of rotatable bonds is 15. The van der Waals surface area contributed by atoms with E-state index < -0.39 is 0 Å². The summed E-state index contributed by atoms with van der Waals surface area (Å²) in [5, 5.41) is 0. The average Bonchev–Trinajstić information content (AvgIpc) is 3.86. The lowest BCUT2D eigenvalue weighted by Gasteiger charge is -2.32. The molecule has 314 valence electrons. The van der Waals surface area contributed by atoms with E-state index in [4.69, 9.17) is 18.9 Å². The van der Waals surface area contributed by atoms with Crippen LogP contribution in [0.15, 0.2) is 90.5 Å². The molecule has 0 radical (unpaired) electrons. The lowest BCUT2D eigenvalue weighted by atomic mass is 9.85. The molecule has 2 unspecified atom stereocenters. The highest BCUT2D eigenvalue weighted by molar-refractivity contribution is 6.13. The fraction of sp³-hybridized carbons (Fsp3) is 0.462. The van der Waals surface area contributed by atoms with E-state index in [1.54, 1.807) is 21.3 Å². The number of Topliss-reactive ketones (excluding diaryl/α,β-unsaturated/α-hetero) is 2. The van der Waals surface area contributed by atoms with Gasteiger partial charge in [0.1, 0.15) is 0 Å². The summed E-state index contributed by atoms with van der Waals surface area (Å²) in [6, 6.07) is 27.7. The number of fused-ring (bicyclic) bond motifs is 2. The predicted octanol–water partition coefficient (Wildman–Crippen LogP) is 9.20. The molecule has 8 heteroatoms. The third-order valence-electron chi connectivity index (χ3n) is 14.1. The summed E-state index contributed by atoms with van der Waals surface area (Å²) in [5.74, 6) is 5.36. The highest BCUT2D eigenvalue weighted by Crippen LogP contribution is 2.44. The molecule has 3 aliphatic carbocycles. The Kier molecular flexibility index (Phi) is 12.1. The monoisotopic (exact) mass is 808 g/mol. The van der Waals surface area contributed by atoms with Crippen molar-refractivity contribution in [2.75, 3.05) is 54.1 Å². The van der Waals surface area contributed by atoms with E-state index in [2.05, 4.69) is 76.5 Å². The van der Waals surface area contributed by atoms with E-state index in [1.165, 1.54) is 23.1 Å². The second-order valence-electron chi connectivity index (χ2n) is 18.1. The van der Waals surface area contributed by atoms with Gasteiger partial charge in [-0.2, -0.15) is 0 Å². The minimum absolute atomic E-state index is 0.0611. The Hall–Kier alpha value is -4.92. The van der Waals surface area contributed by atoms with Crippen molar-refractivity contribution in [1.82, 2.24) is 9.80 Å². The number of ether oxygens (including phenoxy) is 4. The maximum atomic E-state index is 13.6. The Morgan fingerprint density at radius 2 is 1.25 bits per heavy atom. The van der Waals surface area contributed by atoms with E-state index >= 15 is 0 Å². The first-order valence-electron chi connectivity index (χ1n) is 22.3. The number of piperidine rings is 2. The number of carbonyl (C=O) groups excluding carboxylic acids is 2. The highest BCUT2D eigenvalue weighted by atomic mass is 16.5. The number of carbonyl (C=O) groups is 2. The normalized spacial score (nSPS) is 22.9. The van der Waals surface area contributed by atoms with Gasteiger partial charge in [0.05, 0.1) is 27.9 Å². The number of hydrogen-bond donors (Lipinski definition) is 0. The maximum absolute atomic E-state index is 13.6. The van der Waals surface area contributed by atoms with Crippen LogP contribution >= 0.6 is 0 Å². The van der Waals surface area contributed by atoms with Gasteiger partial charge in [0.25, 0.3) is 0 Å². The summed E-state index contributed by atoms with van der Waals surface area (Å²) in [4.78, 5) is 31.9. The quantitative estimate of drug-likeness (QED) is 0.110. The van der Waals surface area contributed by atoms with Crippen molar-refractivity contribution in [3.8, 4) is 23.0 Å². The molecule has 0 amide bonds. The van der Waals surface area contributed by atoms with E-state index in [0.29, 0.717) is 53.9 Å². The second kappa shape index (κ2) is 18.0. The van der Waals surface area contributed by atoms with Gasteiger partial charge in [-0.15, -0.1) is 0 Å². The van der Waals surface area contributed by atoms with Gasteiger partial charge in [-0.1, -0.05) is 60.7 Å². The van der Waals surface area contributed by atoms with E-state index in [1.807, 2.05) is 18.2 Å². The summed E-state index contributed by atoms with van der Waals surface area (Å²) in [6.45, 7) is 6.91. The Labute approximate surface area is 355 Å². The molecule has 0 aromatic heterocycles. The fourth-order valence-corrected chi connectivity index (χ4v) is 10.4. The molecule has 60 heavy (non-hydrogen) atoms. The molecule has 1 saturated carbocycles. The third-order valence-corrected chi connectivity index (χ3v) is 14.1. The summed E-state index contributed by atoms with van der Waals surface area (Å²) in [7, 11) is 4.91. The van der Waals surface area contributed by atoms with Crippen LogP contribution < -0.4 is 18.9 Å². The van der Waals surface area contributed by atoms with Crippen LogP contribution in [0.25, 0.3) is 0 Å². The summed E-state index contributed by atoms with van der Waals surface area (Å²) in [5.41, 5.74) is 8.73. The molecule has 9 rings (SSSR count). The summed E-state index contributed by atoms with van der Waals surface area (Å²) in [6.07, 6.45) is 11.4. The predicted molar refractivity (Wildman–Crippen MR) is 234 cm³/mol. The minimum atomic E-state index is 0.0611. The topological polar surface area (TPSA) is 77.5 Å². The number of nitrogens with zero attached hydrogens (tertiary/aromatic N) is 2. The lowest BCUT2D eigenvalue weighted by molar-refractivity contribution is 0.0895. The number of benzene rings is 4. The molecule has 2 saturated heterocycles. The van der Waals surface area contributed by atoms with Gasteiger partial charge in [-0.25, -0.2) is 0 Å². The van der Waals surface area contributed by atoms with Crippen molar-refractivity contribution < 1.29 is 28.5 Å². The molecule has 3 atom stereocenters. The van der Waals surface area contributed by atoms with Gasteiger partial charge in [-0.3, -0.25) is 19.4 Å². The molecule has 4 aromatic carbocycles. The van der Waals surface area contributed by atoms with Crippen LogP contribution in [0, 0.1) is 29.6 Å². The molecule has 8 nitrogen and oxygen atoms in total. The first-order valence-corrected chi connectivity index (χ1v) is 22.3. The molecule has 2 heterocycles. The van der Waals surface area contributed by atoms with Crippen molar-refractivity contribution in [2.45, 2.75) is 70.9 Å². The van der Waals surface area contributed by atoms with E-state index in [0.717, 1.165) is 118 Å². The smallest absolute Gasteiger partial charge is 0.189 e. The summed E-state index contributed by atoms with van der Waals surface area (Å²) >= 11 is 0. The summed E-state index contributed by atoms with van der Waals surface area (Å²) < 4.78 is 23.1. The first kappa shape index (κ1) is 40.5. The van der Waals surface area contributed by atoms with Crippen LogP contribution in [0.1, 0.15) is 87.1 Å². The minimum Gasteiger partial charge on any atom is -0.493 e. The molecule has 0 N–H and O–H groups in total. The number of likely N-dealkylation sites (tertiary alicyclic amines) is 2. The molecule has 5 aliphatic rings. The number of methoxy groups -OCH3 is 3. The highest BCUT2D eigenvalue weighted by Gasteiger charge is 2.39. The zero-order valence-corrected chi connectivity index (χ0v) is 35.6. The average molecular weight is 809 g/mol. The number of hydrogen-bond acceptors (Lipinski definition) is 8. The van der Waals surface area contributed by atoms with Gasteiger partial charge >= 0.3 is 0 Å².